The molecule has 1 heterocycles. The lowest BCUT2D eigenvalue weighted by Gasteiger charge is -2.31. The highest BCUT2D eigenvalue weighted by Crippen LogP contribution is 2.12. The summed E-state index contributed by atoms with van der Waals surface area (Å²) in [6.07, 6.45) is 4.95. The number of hydrogen-bond acceptors (Lipinski definition) is 3. The van der Waals surface area contributed by atoms with Gasteiger partial charge in [0.1, 0.15) is 5.75 Å². The molecule has 0 unspecified atom stereocenters. The first-order chi connectivity index (χ1) is 13.2. The van der Waals surface area contributed by atoms with Crippen LogP contribution in [0.4, 0.5) is 0 Å². The average molecular weight is 364 g/mol. The molecule has 0 atom stereocenters. The lowest BCUT2D eigenvalue weighted by atomic mass is 10.0. The Hall–Kier alpha value is -3.08. The lowest BCUT2D eigenvalue weighted by Crippen LogP contribution is -2.47. The number of benzene rings is 2. The second kappa shape index (κ2) is 9.57. The van der Waals surface area contributed by atoms with Gasteiger partial charge in [0.25, 0.3) is 5.91 Å². The molecule has 2 amide bonds. The quantitative estimate of drug-likeness (QED) is 0.802. The molecule has 0 radical (unpaired) electrons. The van der Waals surface area contributed by atoms with Crippen LogP contribution >= 0.6 is 0 Å². The van der Waals surface area contributed by atoms with Crippen molar-refractivity contribution in [3.05, 3.63) is 72.3 Å². The summed E-state index contributed by atoms with van der Waals surface area (Å²) in [5, 5.41) is 2.99. The minimum absolute atomic E-state index is 0.00295. The van der Waals surface area contributed by atoms with Crippen LogP contribution in [0.25, 0.3) is 6.08 Å². The standard InChI is InChI=1S/C22H24N2O3/c25-21(17-27-20-9-5-2-6-10-20)23-19-13-15-24(16-14-19)22(26)12-11-18-7-3-1-4-8-18/h1-12,19H,13-17H2,(H,23,25)/b12-11+. The number of amides is 2. The van der Waals surface area contributed by atoms with Crippen molar-refractivity contribution in [3.8, 4) is 5.75 Å². The van der Waals surface area contributed by atoms with Crippen LogP contribution in [-0.2, 0) is 9.59 Å². The molecule has 0 aliphatic carbocycles. The molecule has 2 aromatic rings. The van der Waals surface area contributed by atoms with Gasteiger partial charge in [-0.1, -0.05) is 48.5 Å². The SMILES string of the molecule is O=C(COc1ccccc1)NC1CCN(C(=O)/C=C/c2ccccc2)CC1. The van der Waals surface area contributed by atoms with Crippen LogP contribution in [0.1, 0.15) is 18.4 Å². The second-order valence-corrected chi connectivity index (χ2v) is 6.51. The second-order valence-electron chi connectivity index (χ2n) is 6.51. The number of rotatable bonds is 6. The lowest BCUT2D eigenvalue weighted by molar-refractivity contribution is -0.127. The van der Waals surface area contributed by atoms with Crippen LogP contribution in [0.15, 0.2) is 66.7 Å². The van der Waals surface area contributed by atoms with Gasteiger partial charge in [-0.05, 0) is 36.6 Å². The minimum atomic E-state index is -0.132. The molecular weight excluding hydrogens is 340 g/mol. The first-order valence-corrected chi connectivity index (χ1v) is 9.20. The Labute approximate surface area is 159 Å². The average Bonchev–Trinajstić information content (AvgIpc) is 2.72. The monoisotopic (exact) mass is 364 g/mol. The highest BCUT2D eigenvalue weighted by atomic mass is 16.5. The number of hydrogen-bond donors (Lipinski definition) is 1. The van der Waals surface area contributed by atoms with Gasteiger partial charge in [-0.2, -0.15) is 0 Å². The van der Waals surface area contributed by atoms with Gasteiger partial charge in [0.15, 0.2) is 6.61 Å². The molecule has 0 spiro atoms. The fraction of sp³-hybridized carbons (Fsp3) is 0.273. The highest BCUT2D eigenvalue weighted by molar-refractivity contribution is 5.91. The third kappa shape index (κ3) is 5.99. The van der Waals surface area contributed by atoms with E-state index in [0.717, 1.165) is 18.4 Å². The number of carbonyl (C=O) groups excluding carboxylic acids is 2. The predicted octanol–water partition coefficient (Wildman–Crippen LogP) is 2.89. The molecule has 5 heteroatoms. The van der Waals surface area contributed by atoms with Gasteiger partial charge in [-0.3, -0.25) is 9.59 Å². The van der Waals surface area contributed by atoms with Crippen LogP contribution in [-0.4, -0.2) is 42.5 Å². The topological polar surface area (TPSA) is 58.6 Å². The third-order valence-corrected chi connectivity index (χ3v) is 4.50. The van der Waals surface area contributed by atoms with Crippen LogP contribution in [0.5, 0.6) is 5.75 Å². The van der Waals surface area contributed by atoms with Crippen molar-refractivity contribution >= 4 is 17.9 Å². The summed E-state index contributed by atoms with van der Waals surface area (Å²) >= 11 is 0. The van der Waals surface area contributed by atoms with E-state index in [9.17, 15) is 9.59 Å². The zero-order valence-corrected chi connectivity index (χ0v) is 15.2. The van der Waals surface area contributed by atoms with Crippen molar-refractivity contribution in [2.45, 2.75) is 18.9 Å². The number of nitrogens with one attached hydrogen (secondary N) is 1. The number of nitrogens with zero attached hydrogens (tertiary/aromatic N) is 1. The first-order valence-electron chi connectivity index (χ1n) is 9.20. The Kier molecular flexibility index (Phi) is 6.63. The normalized spacial score (nSPS) is 14.9. The number of carbonyl (C=O) groups is 2. The predicted molar refractivity (Wildman–Crippen MR) is 105 cm³/mol. The van der Waals surface area contributed by atoms with Gasteiger partial charge in [0, 0.05) is 25.2 Å². The molecule has 1 saturated heterocycles. The van der Waals surface area contributed by atoms with Gasteiger partial charge in [-0.15, -0.1) is 0 Å². The molecular formula is C22H24N2O3. The molecule has 5 nitrogen and oxygen atoms in total. The molecule has 0 bridgehead atoms. The van der Waals surface area contributed by atoms with Crippen molar-refractivity contribution in [2.75, 3.05) is 19.7 Å². The van der Waals surface area contributed by atoms with Crippen molar-refractivity contribution in [1.29, 1.82) is 0 Å². The van der Waals surface area contributed by atoms with Crippen molar-refractivity contribution in [1.82, 2.24) is 10.2 Å². The van der Waals surface area contributed by atoms with E-state index < -0.39 is 0 Å². The summed E-state index contributed by atoms with van der Waals surface area (Å²) in [5.41, 5.74) is 1.01. The van der Waals surface area contributed by atoms with E-state index >= 15 is 0 Å². The Bertz CT molecular complexity index is 767. The maximum atomic E-state index is 12.3. The van der Waals surface area contributed by atoms with Crippen LogP contribution < -0.4 is 10.1 Å². The molecule has 1 N–H and O–H groups in total. The Morgan fingerprint density at radius 2 is 1.63 bits per heavy atom. The minimum Gasteiger partial charge on any atom is -0.484 e. The summed E-state index contributed by atoms with van der Waals surface area (Å²) in [6.45, 7) is 1.29. The molecule has 0 aromatic heterocycles. The number of piperidine rings is 1. The van der Waals surface area contributed by atoms with Gasteiger partial charge in [-0.25, -0.2) is 0 Å². The largest absolute Gasteiger partial charge is 0.484 e. The van der Waals surface area contributed by atoms with Crippen LogP contribution in [0.3, 0.4) is 0 Å². The first kappa shape index (κ1) is 18.7. The molecule has 1 fully saturated rings. The smallest absolute Gasteiger partial charge is 0.258 e. The number of para-hydroxylation sites is 1. The van der Waals surface area contributed by atoms with Gasteiger partial charge < -0.3 is 15.0 Å². The Morgan fingerprint density at radius 1 is 1.00 bits per heavy atom. The van der Waals surface area contributed by atoms with E-state index in [2.05, 4.69) is 5.32 Å². The number of likely N-dealkylation sites (tertiary alicyclic amines) is 1. The maximum absolute atomic E-state index is 12.3. The fourth-order valence-electron chi connectivity index (χ4n) is 3.02. The Morgan fingerprint density at radius 3 is 2.30 bits per heavy atom. The number of ether oxygens (including phenoxy) is 1. The summed E-state index contributed by atoms with van der Waals surface area (Å²) in [7, 11) is 0. The zero-order valence-electron chi connectivity index (χ0n) is 15.2. The van der Waals surface area contributed by atoms with E-state index in [1.54, 1.807) is 6.08 Å². The maximum Gasteiger partial charge on any atom is 0.258 e. The van der Waals surface area contributed by atoms with E-state index in [4.69, 9.17) is 4.74 Å². The van der Waals surface area contributed by atoms with Crippen molar-refractivity contribution < 1.29 is 14.3 Å². The zero-order chi connectivity index (χ0) is 18.9. The summed E-state index contributed by atoms with van der Waals surface area (Å²) in [6, 6.07) is 19.1. The van der Waals surface area contributed by atoms with Crippen molar-refractivity contribution in [3.63, 3.8) is 0 Å². The molecule has 140 valence electrons. The summed E-state index contributed by atoms with van der Waals surface area (Å²) in [4.78, 5) is 26.1. The fourth-order valence-corrected chi connectivity index (χ4v) is 3.02. The molecule has 1 aliphatic rings. The van der Waals surface area contributed by atoms with Crippen molar-refractivity contribution in [2.24, 2.45) is 0 Å². The summed E-state index contributed by atoms with van der Waals surface area (Å²) in [5.74, 6) is 0.557. The molecule has 3 rings (SSSR count). The molecule has 2 aromatic carbocycles. The van der Waals surface area contributed by atoms with Gasteiger partial charge in [0.05, 0.1) is 0 Å². The van der Waals surface area contributed by atoms with E-state index in [0.29, 0.717) is 18.8 Å². The van der Waals surface area contributed by atoms with E-state index in [1.807, 2.05) is 71.6 Å². The van der Waals surface area contributed by atoms with Gasteiger partial charge in [0.2, 0.25) is 5.91 Å². The summed E-state index contributed by atoms with van der Waals surface area (Å²) < 4.78 is 5.46. The van der Waals surface area contributed by atoms with Crippen LogP contribution in [0.2, 0.25) is 0 Å². The highest BCUT2D eigenvalue weighted by Gasteiger charge is 2.22. The Balaban J connectivity index is 1.38. The van der Waals surface area contributed by atoms with Crippen LogP contribution in [0, 0.1) is 0 Å². The van der Waals surface area contributed by atoms with E-state index in [-0.39, 0.29) is 24.5 Å². The molecule has 1 aliphatic heterocycles. The van der Waals surface area contributed by atoms with Gasteiger partial charge >= 0.3 is 0 Å². The molecule has 27 heavy (non-hydrogen) atoms. The molecule has 0 saturated carbocycles. The van der Waals surface area contributed by atoms with E-state index in [1.165, 1.54) is 0 Å². The third-order valence-electron chi connectivity index (χ3n) is 4.50.